The Hall–Kier alpha value is -0.990. The SMILES string of the molecule is CCOC=CC(=O)N=C=S. The molecule has 0 saturated heterocycles. The maximum Gasteiger partial charge on any atom is 0.281 e. The first-order valence-electron chi connectivity index (χ1n) is 2.71. The zero-order chi connectivity index (χ0) is 7.82. The van der Waals surface area contributed by atoms with E-state index in [0.717, 1.165) is 0 Å². The molecule has 0 aliphatic rings. The molecule has 0 aliphatic heterocycles. The van der Waals surface area contributed by atoms with Crippen LogP contribution in [0.15, 0.2) is 17.3 Å². The van der Waals surface area contributed by atoms with Gasteiger partial charge in [0.2, 0.25) is 0 Å². The van der Waals surface area contributed by atoms with E-state index in [1.165, 1.54) is 12.3 Å². The summed E-state index contributed by atoms with van der Waals surface area (Å²) in [5.41, 5.74) is 0. The number of ether oxygens (including phenoxy) is 1. The maximum atomic E-state index is 10.5. The van der Waals surface area contributed by atoms with Crippen LogP contribution in [-0.2, 0) is 9.53 Å². The molecule has 0 aromatic heterocycles. The van der Waals surface area contributed by atoms with Crippen LogP contribution < -0.4 is 0 Å². The van der Waals surface area contributed by atoms with Gasteiger partial charge in [-0.1, -0.05) is 0 Å². The van der Waals surface area contributed by atoms with Crippen molar-refractivity contribution in [2.75, 3.05) is 6.61 Å². The highest BCUT2D eigenvalue weighted by Gasteiger charge is 1.85. The summed E-state index contributed by atoms with van der Waals surface area (Å²) in [7, 11) is 0. The molecule has 1 amide bonds. The van der Waals surface area contributed by atoms with Crippen LogP contribution in [0.3, 0.4) is 0 Å². The van der Waals surface area contributed by atoms with Crippen molar-refractivity contribution in [2.24, 2.45) is 4.99 Å². The number of thiocarbonyl (C=S) groups is 1. The van der Waals surface area contributed by atoms with Crippen molar-refractivity contribution in [1.29, 1.82) is 0 Å². The predicted octanol–water partition coefficient (Wildman–Crippen LogP) is 1.17. The molecule has 4 heteroatoms. The highest BCUT2D eigenvalue weighted by atomic mass is 32.1. The molecule has 0 radical (unpaired) electrons. The van der Waals surface area contributed by atoms with Crippen LogP contribution in [0.25, 0.3) is 0 Å². The zero-order valence-electron chi connectivity index (χ0n) is 5.53. The van der Waals surface area contributed by atoms with Crippen LogP contribution >= 0.6 is 12.2 Å². The second-order valence-corrected chi connectivity index (χ2v) is 1.48. The summed E-state index contributed by atoms with van der Waals surface area (Å²) >= 11 is 4.19. The van der Waals surface area contributed by atoms with E-state index in [1.807, 2.05) is 12.1 Å². The molecule has 0 aromatic carbocycles. The van der Waals surface area contributed by atoms with Gasteiger partial charge in [-0.05, 0) is 19.1 Å². The third kappa shape index (κ3) is 5.15. The van der Waals surface area contributed by atoms with Gasteiger partial charge in [-0.15, -0.1) is 0 Å². The van der Waals surface area contributed by atoms with Crippen molar-refractivity contribution in [3.63, 3.8) is 0 Å². The molecule has 0 unspecified atom stereocenters. The average molecular weight is 157 g/mol. The van der Waals surface area contributed by atoms with Crippen LogP contribution in [0, 0.1) is 0 Å². The van der Waals surface area contributed by atoms with Crippen LogP contribution in [0.1, 0.15) is 6.92 Å². The monoisotopic (exact) mass is 157 g/mol. The smallest absolute Gasteiger partial charge is 0.281 e. The molecule has 0 atom stereocenters. The van der Waals surface area contributed by atoms with Gasteiger partial charge in [0.1, 0.15) is 0 Å². The molecule has 0 aromatic rings. The Kier molecular flexibility index (Phi) is 5.53. The number of hydrogen-bond acceptors (Lipinski definition) is 3. The molecule has 0 aliphatic carbocycles. The molecule has 10 heavy (non-hydrogen) atoms. The Labute approximate surface area is 64.4 Å². The van der Waals surface area contributed by atoms with E-state index < -0.39 is 5.91 Å². The van der Waals surface area contributed by atoms with Gasteiger partial charge in [0.15, 0.2) is 0 Å². The molecule has 3 nitrogen and oxygen atoms in total. The Morgan fingerprint density at radius 3 is 3.10 bits per heavy atom. The average Bonchev–Trinajstić information content (AvgIpc) is 1.89. The van der Waals surface area contributed by atoms with Gasteiger partial charge < -0.3 is 4.74 Å². The largest absolute Gasteiger partial charge is 0.501 e. The minimum atomic E-state index is -0.455. The first-order valence-corrected chi connectivity index (χ1v) is 3.12. The number of isothiocyanates is 1. The molecule has 0 saturated carbocycles. The standard InChI is InChI=1S/C6H7NO2S/c1-2-9-4-3-6(8)7-5-10/h3-4H,2H2,1H3. The molecule has 0 bridgehead atoms. The lowest BCUT2D eigenvalue weighted by Crippen LogP contribution is -1.85. The summed E-state index contributed by atoms with van der Waals surface area (Å²) in [6.45, 7) is 2.35. The van der Waals surface area contributed by atoms with Gasteiger partial charge in [-0.3, -0.25) is 4.79 Å². The Morgan fingerprint density at radius 2 is 2.60 bits per heavy atom. The Balaban J connectivity index is 3.66. The Bertz CT molecular complexity index is 182. The number of hydrogen-bond donors (Lipinski definition) is 0. The van der Waals surface area contributed by atoms with Crippen LogP contribution in [0.5, 0.6) is 0 Å². The molecular weight excluding hydrogens is 150 g/mol. The summed E-state index contributed by atoms with van der Waals surface area (Å²) in [6, 6.07) is 0. The molecule has 0 N–H and O–H groups in total. The number of aliphatic imine (C=N–C) groups is 1. The third-order valence-corrected chi connectivity index (χ3v) is 0.721. The molecule has 0 rings (SSSR count). The van der Waals surface area contributed by atoms with E-state index in [4.69, 9.17) is 4.74 Å². The van der Waals surface area contributed by atoms with Crippen molar-refractivity contribution in [1.82, 2.24) is 0 Å². The van der Waals surface area contributed by atoms with Crippen molar-refractivity contribution in [2.45, 2.75) is 6.92 Å². The van der Waals surface area contributed by atoms with Crippen molar-refractivity contribution < 1.29 is 9.53 Å². The number of nitrogens with zero attached hydrogens (tertiary/aromatic N) is 1. The van der Waals surface area contributed by atoms with E-state index >= 15 is 0 Å². The van der Waals surface area contributed by atoms with Gasteiger partial charge in [0, 0.05) is 6.08 Å². The highest BCUT2D eigenvalue weighted by molar-refractivity contribution is 7.78. The number of carbonyl (C=O) groups is 1. The van der Waals surface area contributed by atoms with E-state index in [9.17, 15) is 4.79 Å². The number of carbonyl (C=O) groups excluding carboxylic acids is 1. The fourth-order valence-electron chi connectivity index (χ4n) is 0.285. The van der Waals surface area contributed by atoms with E-state index in [2.05, 4.69) is 17.2 Å². The lowest BCUT2D eigenvalue weighted by molar-refractivity contribution is -0.113. The number of rotatable bonds is 3. The maximum absolute atomic E-state index is 10.5. The third-order valence-electron chi connectivity index (χ3n) is 0.629. The molecule has 0 fully saturated rings. The first-order chi connectivity index (χ1) is 4.81. The normalized spacial score (nSPS) is 8.90. The number of amides is 1. The first kappa shape index (κ1) is 9.01. The van der Waals surface area contributed by atoms with Gasteiger partial charge in [-0.25, -0.2) is 0 Å². The van der Waals surface area contributed by atoms with E-state index in [0.29, 0.717) is 6.61 Å². The zero-order valence-corrected chi connectivity index (χ0v) is 6.35. The summed E-state index contributed by atoms with van der Waals surface area (Å²) in [5.74, 6) is -0.455. The summed E-state index contributed by atoms with van der Waals surface area (Å²) in [5, 5.41) is 1.95. The molecular formula is C6H7NO2S. The molecule has 54 valence electrons. The van der Waals surface area contributed by atoms with Crippen LogP contribution in [0.4, 0.5) is 0 Å². The minimum absolute atomic E-state index is 0.455. The topological polar surface area (TPSA) is 38.7 Å². The molecule has 0 spiro atoms. The summed E-state index contributed by atoms with van der Waals surface area (Å²) < 4.78 is 4.73. The second-order valence-electron chi connectivity index (χ2n) is 1.30. The van der Waals surface area contributed by atoms with Crippen molar-refractivity contribution in [3.8, 4) is 0 Å². The van der Waals surface area contributed by atoms with E-state index in [-0.39, 0.29) is 0 Å². The Morgan fingerprint density at radius 1 is 1.90 bits per heavy atom. The fraction of sp³-hybridized carbons (Fsp3) is 0.333. The van der Waals surface area contributed by atoms with Crippen LogP contribution in [-0.4, -0.2) is 17.7 Å². The highest BCUT2D eigenvalue weighted by Crippen LogP contribution is 1.79. The van der Waals surface area contributed by atoms with Crippen molar-refractivity contribution >= 4 is 23.3 Å². The minimum Gasteiger partial charge on any atom is -0.501 e. The van der Waals surface area contributed by atoms with Gasteiger partial charge in [0.05, 0.1) is 18.0 Å². The van der Waals surface area contributed by atoms with Gasteiger partial charge >= 0.3 is 0 Å². The fourth-order valence-corrected chi connectivity index (χ4v) is 0.375. The molecule has 0 heterocycles. The quantitative estimate of drug-likeness (QED) is 0.267. The van der Waals surface area contributed by atoms with Gasteiger partial charge in [0.25, 0.3) is 5.91 Å². The second kappa shape index (κ2) is 6.13. The lowest BCUT2D eigenvalue weighted by atomic mass is 10.6. The van der Waals surface area contributed by atoms with Crippen molar-refractivity contribution in [3.05, 3.63) is 12.3 Å². The summed E-state index contributed by atoms with van der Waals surface area (Å²) in [4.78, 5) is 13.6. The predicted molar refractivity (Wildman–Crippen MR) is 40.8 cm³/mol. The van der Waals surface area contributed by atoms with E-state index in [1.54, 1.807) is 0 Å². The summed E-state index contributed by atoms with van der Waals surface area (Å²) in [6.07, 6.45) is 2.46. The van der Waals surface area contributed by atoms with Gasteiger partial charge in [-0.2, -0.15) is 4.99 Å². The lowest BCUT2D eigenvalue weighted by Gasteiger charge is -1.88. The van der Waals surface area contributed by atoms with Crippen LogP contribution in [0.2, 0.25) is 0 Å².